The molecular weight excluding hydrogens is 502 g/mol. The third-order valence-corrected chi connectivity index (χ3v) is 6.96. The zero-order chi connectivity index (χ0) is 27.1. The predicted octanol–water partition coefficient (Wildman–Crippen LogP) is 6.08. The zero-order valence-corrected chi connectivity index (χ0v) is 20.8. The van der Waals surface area contributed by atoms with E-state index in [1.807, 2.05) is 30.3 Å². The normalized spacial score (nSPS) is 18.0. The molecule has 2 amide bonds. The van der Waals surface area contributed by atoms with Crippen molar-refractivity contribution in [1.29, 1.82) is 0 Å². The van der Waals surface area contributed by atoms with E-state index < -0.39 is 35.3 Å². The van der Waals surface area contributed by atoms with E-state index in [1.54, 1.807) is 31.3 Å². The van der Waals surface area contributed by atoms with E-state index in [4.69, 9.17) is 4.74 Å². The summed E-state index contributed by atoms with van der Waals surface area (Å²) in [6.45, 7) is 1.68. The van der Waals surface area contributed by atoms with Crippen molar-refractivity contribution < 1.29 is 23.1 Å². The molecule has 0 spiro atoms. The number of carbonyl (C=O) groups is 2. The largest absolute Gasteiger partial charge is 0.424 e. The van der Waals surface area contributed by atoms with Crippen LogP contribution in [0.25, 0.3) is 22.2 Å². The number of aromatic nitrogens is 3. The zero-order valence-electron chi connectivity index (χ0n) is 20.8. The SMILES string of the molecule is CC(c1ccc(F)cc1)N1C(=O)OC(Cc2ccccc2)(c2nc3ccc(-c4cncc(F)c4)cc3[nH]2)C1=O. The van der Waals surface area contributed by atoms with Crippen LogP contribution in [0.4, 0.5) is 13.6 Å². The van der Waals surface area contributed by atoms with Crippen LogP contribution in [0.2, 0.25) is 0 Å². The van der Waals surface area contributed by atoms with Crippen molar-refractivity contribution in [2.45, 2.75) is 25.0 Å². The number of nitrogens with one attached hydrogen (secondary N) is 1. The Hall–Kier alpha value is -4.92. The summed E-state index contributed by atoms with van der Waals surface area (Å²) in [5.41, 5.74) is 1.98. The minimum absolute atomic E-state index is 0.0472. The van der Waals surface area contributed by atoms with Gasteiger partial charge in [0.15, 0.2) is 5.82 Å². The first-order chi connectivity index (χ1) is 18.8. The van der Waals surface area contributed by atoms with Crippen molar-refractivity contribution in [2.75, 3.05) is 0 Å². The second-order valence-corrected chi connectivity index (χ2v) is 9.47. The van der Waals surface area contributed by atoms with Gasteiger partial charge in [-0.1, -0.05) is 48.5 Å². The molecule has 1 aliphatic rings. The van der Waals surface area contributed by atoms with Gasteiger partial charge in [0.2, 0.25) is 0 Å². The van der Waals surface area contributed by atoms with Gasteiger partial charge in [-0.05, 0) is 53.9 Å². The van der Waals surface area contributed by atoms with Crippen LogP contribution >= 0.6 is 0 Å². The molecule has 3 aromatic carbocycles. The number of carbonyl (C=O) groups excluding carboxylic acids is 2. The minimum Gasteiger partial charge on any atom is -0.424 e. The van der Waals surface area contributed by atoms with Crippen molar-refractivity contribution in [3.8, 4) is 11.1 Å². The number of cyclic esters (lactones) is 1. The number of benzene rings is 3. The van der Waals surface area contributed by atoms with Gasteiger partial charge in [0.05, 0.1) is 23.3 Å². The fourth-order valence-corrected chi connectivity index (χ4v) is 4.92. The Morgan fingerprint density at radius 3 is 2.44 bits per heavy atom. The van der Waals surface area contributed by atoms with Crippen LogP contribution < -0.4 is 0 Å². The average molecular weight is 525 g/mol. The molecule has 1 fully saturated rings. The molecule has 1 N–H and O–H groups in total. The number of hydrogen-bond acceptors (Lipinski definition) is 5. The number of amides is 2. The van der Waals surface area contributed by atoms with Gasteiger partial charge in [-0.25, -0.2) is 23.5 Å². The lowest BCUT2D eigenvalue weighted by Crippen LogP contribution is -2.42. The molecule has 0 saturated carbocycles. The summed E-state index contributed by atoms with van der Waals surface area (Å²) in [5, 5.41) is 0. The maximum Gasteiger partial charge on any atom is 0.418 e. The molecule has 3 heterocycles. The number of H-pyrrole nitrogens is 1. The predicted molar refractivity (Wildman–Crippen MR) is 139 cm³/mol. The fourth-order valence-electron chi connectivity index (χ4n) is 4.92. The third kappa shape index (κ3) is 4.31. The molecule has 2 unspecified atom stereocenters. The summed E-state index contributed by atoms with van der Waals surface area (Å²) in [5.74, 6) is -1.29. The number of pyridine rings is 1. The van der Waals surface area contributed by atoms with Crippen LogP contribution in [-0.4, -0.2) is 31.9 Å². The number of aromatic amines is 1. The molecule has 2 atom stereocenters. The highest BCUT2D eigenvalue weighted by atomic mass is 19.1. The topological polar surface area (TPSA) is 88.2 Å². The van der Waals surface area contributed by atoms with Crippen LogP contribution in [0.3, 0.4) is 0 Å². The molecule has 5 aromatic rings. The highest BCUT2D eigenvalue weighted by molar-refractivity contribution is 6.04. The van der Waals surface area contributed by atoms with Gasteiger partial charge in [0.1, 0.15) is 11.6 Å². The van der Waals surface area contributed by atoms with Gasteiger partial charge in [-0.15, -0.1) is 0 Å². The van der Waals surface area contributed by atoms with Gasteiger partial charge < -0.3 is 9.72 Å². The molecule has 7 nitrogen and oxygen atoms in total. The molecule has 2 aromatic heterocycles. The number of halogens is 2. The van der Waals surface area contributed by atoms with E-state index in [1.165, 1.54) is 30.3 Å². The highest BCUT2D eigenvalue weighted by Crippen LogP contribution is 2.41. The Morgan fingerprint density at radius 1 is 0.923 bits per heavy atom. The van der Waals surface area contributed by atoms with Crippen LogP contribution in [0.5, 0.6) is 0 Å². The maximum atomic E-state index is 14.1. The number of imide groups is 1. The number of rotatable bonds is 6. The number of ether oxygens (including phenoxy) is 1. The van der Waals surface area contributed by atoms with Gasteiger partial charge in [-0.2, -0.15) is 0 Å². The summed E-state index contributed by atoms with van der Waals surface area (Å²) in [7, 11) is 0. The maximum absolute atomic E-state index is 14.1. The second-order valence-electron chi connectivity index (χ2n) is 9.47. The van der Waals surface area contributed by atoms with Crippen LogP contribution in [-0.2, 0) is 21.6 Å². The van der Waals surface area contributed by atoms with Gasteiger partial charge in [-0.3, -0.25) is 9.78 Å². The number of imidazole rings is 1. The minimum atomic E-state index is -1.76. The number of nitrogens with zero attached hydrogens (tertiary/aromatic N) is 3. The smallest absolute Gasteiger partial charge is 0.418 e. The number of fused-ring (bicyclic) bond motifs is 1. The molecule has 194 valence electrons. The quantitative estimate of drug-likeness (QED) is 0.291. The summed E-state index contributed by atoms with van der Waals surface area (Å²) < 4.78 is 33.2. The summed E-state index contributed by atoms with van der Waals surface area (Å²) in [4.78, 5) is 40.2. The first kappa shape index (κ1) is 24.4. The molecule has 6 rings (SSSR count). The van der Waals surface area contributed by atoms with Crippen molar-refractivity contribution in [3.63, 3.8) is 0 Å². The van der Waals surface area contributed by atoms with Crippen LogP contribution in [0.1, 0.15) is 29.9 Å². The van der Waals surface area contributed by atoms with E-state index >= 15 is 0 Å². The van der Waals surface area contributed by atoms with E-state index in [-0.39, 0.29) is 12.2 Å². The lowest BCUT2D eigenvalue weighted by atomic mass is 9.92. The van der Waals surface area contributed by atoms with E-state index in [0.29, 0.717) is 27.7 Å². The second kappa shape index (κ2) is 9.43. The molecule has 9 heteroatoms. The molecule has 39 heavy (non-hydrogen) atoms. The van der Waals surface area contributed by atoms with Gasteiger partial charge in [0, 0.05) is 18.2 Å². The first-order valence-corrected chi connectivity index (χ1v) is 12.3. The lowest BCUT2D eigenvalue weighted by molar-refractivity contribution is -0.139. The number of hydrogen-bond donors (Lipinski definition) is 1. The summed E-state index contributed by atoms with van der Waals surface area (Å²) >= 11 is 0. The Balaban J connectivity index is 1.44. The van der Waals surface area contributed by atoms with Crippen molar-refractivity contribution in [3.05, 3.63) is 120 Å². The molecule has 1 saturated heterocycles. The molecular formula is C30H22F2N4O3. The van der Waals surface area contributed by atoms with Crippen LogP contribution in [0, 0.1) is 11.6 Å². The van der Waals surface area contributed by atoms with Crippen molar-refractivity contribution >= 4 is 23.0 Å². The van der Waals surface area contributed by atoms with Gasteiger partial charge >= 0.3 is 6.09 Å². The Kier molecular flexibility index (Phi) is 5.91. The van der Waals surface area contributed by atoms with Crippen molar-refractivity contribution in [1.82, 2.24) is 19.9 Å². The van der Waals surface area contributed by atoms with E-state index in [2.05, 4.69) is 15.0 Å². The van der Waals surface area contributed by atoms with Crippen molar-refractivity contribution in [2.24, 2.45) is 0 Å². The Morgan fingerprint density at radius 2 is 1.69 bits per heavy atom. The monoisotopic (exact) mass is 524 g/mol. The molecule has 0 bridgehead atoms. The molecule has 0 radical (unpaired) electrons. The Bertz CT molecular complexity index is 1700. The first-order valence-electron chi connectivity index (χ1n) is 12.3. The third-order valence-electron chi connectivity index (χ3n) is 6.96. The average Bonchev–Trinajstić information content (AvgIpc) is 3.48. The Labute approximate surface area is 222 Å². The van der Waals surface area contributed by atoms with Gasteiger partial charge in [0.25, 0.3) is 11.5 Å². The fraction of sp³-hybridized carbons (Fsp3) is 0.133. The molecule has 0 aliphatic carbocycles. The van der Waals surface area contributed by atoms with Crippen LogP contribution in [0.15, 0.2) is 91.3 Å². The highest BCUT2D eigenvalue weighted by Gasteiger charge is 2.58. The summed E-state index contributed by atoms with van der Waals surface area (Å²) in [6.07, 6.45) is 1.91. The molecule has 1 aliphatic heterocycles. The summed E-state index contributed by atoms with van der Waals surface area (Å²) in [6, 6.07) is 20.8. The lowest BCUT2D eigenvalue weighted by Gasteiger charge is -2.25. The standard InChI is InChI=1S/C30H22F2N4O3/c1-18(20-7-10-23(31)11-8-20)36-28(37)30(39-29(36)38,15-19-5-3-2-4-6-19)27-34-25-12-9-21(14-26(25)35-27)22-13-24(32)17-33-16-22/h2-14,16-18H,15H2,1H3,(H,34,35). The van der Waals surface area contributed by atoms with E-state index in [0.717, 1.165) is 16.7 Å². The van der Waals surface area contributed by atoms with E-state index in [9.17, 15) is 18.4 Å².